The zero-order valence-corrected chi connectivity index (χ0v) is 27.9. The predicted molar refractivity (Wildman–Crippen MR) is 189 cm³/mol. The summed E-state index contributed by atoms with van der Waals surface area (Å²) in [7, 11) is -9.37. The van der Waals surface area contributed by atoms with E-state index < -0.39 is 30.0 Å². The quantitative estimate of drug-likeness (QED) is 0.0526. The van der Waals surface area contributed by atoms with Crippen molar-refractivity contribution in [2.24, 2.45) is 20.5 Å². The van der Waals surface area contributed by atoms with E-state index in [1.54, 1.807) is 38.1 Å². The van der Waals surface area contributed by atoms with E-state index in [1.807, 2.05) is 12.1 Å². The van der Waals surface area contributed by atoms with E-state index >= 15 is 0 Å². The molecule has 8 N–H and O–H groups in total. The molecule has 50 heavy (non-hydrogen) atoms. The number of anilines is 2. The van der Waals surface area contributed by atoms with Crippen LogP contribution in [0.1, 0.15) is 11.1 Å². The van der Waals surface area contributed by atoms with Crippen LogP contribution >= 0.6 is 0 Å². The number of aryl methyl sites for hydroxylation is 2. The van der Waals surface area contributed by atoms with Gasteiger partial charge < -0.3 is 21.7 Å². The Hall–Kier alpha value is -5.94. The molecule has 0 unspecified atom stereocenters. The maximum atomic E-state index is 12.1. The first-order chi connectivity index (χ1) is 23.5. The van der Waals surface area contributed by atoms with Crippen LogP contribution in [-0.4, -0.2) is 36.2 Å². The van der Waals surface area contributed by atoms with Gasteiger partial charge in [0.1, 0.15) is 32.7 Å². The number of fused-ring (bicyclic) bond motifs is 2. The number of hydrogen-bond donors (Lipinski definition) is 6. The van der Waals surface area contributed by atoms with Crippen LogP contribution < -0.4 is 11.5 Å². The van der Waals surface area contributed by atoms with Gasteiger partial charge in [0.15, 0.2) is 0 Å². The number of aromatic hydroxyl groups is 2. The second kappa shape index (κ2) is 12.5. The molecule has 14 nitrogen and oxygen atoms in total. The van der Waals surface area contributed by atoms with Crippen LogP contribution in [0.2, 0.25) is 0 Å². The standard InChI is InChI=1S/C34H28N6O8S2/c1-17-13-19(9-11-23(17)37-39-25-15-29(49(43,44)45)21-5-3-7-27(41)31(21)33(25)35)20-10-12-24(18(2)14-20)38-40-26-16-30(50(46,47)48)22-6-4-8-28(42)32(22)34(26)36/h3-16,41-42H,35-36H2,1-2H3,(H,43,44,45)(H,46,47,48). The average molecular weight is 713 g/mol. The van der Waals surface area contributed by atoms with E-state index in [0.29, 0.717) is 11.4 Å². The minimum absolute atomic E-state index is 0.0171. The van der Waals surface area contributed by atoms with Crippen molar-refractivity contribution < 1.29 is 36.2 Å². The molecule has 0 aliphatic heterocycles. The van der Waals surface area contributed by atoms with Crippen LogP contribution in [-0.2, 0) is 20.2 Å². The van der Waals surface area contributed by atoms with Gasteiger partial charge in [0, 0.05) is 10.8 Å². The minimum atomic E-state index is -4.68. The van der Waals surface area contributed by atoms with Gasteiger partial charge >= 0.3 is 0 Å². The number of rotatable bonds is 7. The molecule has 16 heteroatoms. The summed E-state index contributed by atoms with van der Waals surface area (Å²) in [5.41, 5.74) is 16.3. The van der Waals surface area contributed by atoms with Crippen LogP contribution in [0.3, 0.4) is 0 Å². The summed E-state index contributed by atoms with van der Waals surface area (Å²) >= 11 is 0. The maximum absolute atomic E-state index is 12.1. The van der Waals surface area contributed by atoms with Crippen molar-refractivity contribution >= 4 is 75.9 Å². The molecule has 6 aromatic carbocycles. The van der Waals surface area contributed by atoms with Gasteiger partial charge in [0.25, 0.3) is 20.2 Å². The van der Waals surface area contributed by atoms with E-state index in [-0.39, 0.29) is 55.8 Å². The lowest BCUT2D eigenvalue weighted by Crippen LogP contribution is -2.01. The SMILES string of the molecule is Cc1cc(-c2ccc(N=Nc3cc(S(=O)(=O)O)c4cccc(O)c4c3N)c(C)c2)ccc1N=Nc1cc(S(=O)(=O)O)c2cccc(O)c2c1N. The third-order valence-electron chi connectivity index (χ3n) is 8.06. The highest BCUT2D eigenvalue weighted by molar-refractivity contribution is 7.86. The molecule has 6 aromatic rings. The summed E-state index contributed by atoms with van der Waals surface area (Å²) in [6, 6.07) is 21.3. The molecule has 6 rings (SSSR count). The number of nitrogen functional groups attached to an aromatic ring is 2. The molecule has 0 saturated carbocycles. The normalized spacial score (nSPS) is 12.5. The van der Waals surface area contributed by atoms with Crippen LogP contribution in [0.15, 0.2) is 115 Å². The Morgan fingerprint density at radius 3 is 1.22 bits per heavy atom. The molecule has 0 atom stereocenters. The molecule has 0 amide bonds. The summed E-state index contributed by atoms with van der Waals surface area (Å²) in [5, 5.41) is 37.6. The molecule has 0 radical (unpaired) electrons. The van der Waals surface area contributed by atoms with Crippen LogP contribution in [0.4, 0.5) is 34.1 Å². The van der Waals surface area contributed by atoms with Gasteiger partial charge in [-0.05, 0) is 84.6 Å². The monoisotopic (exact) mass is 712 g/mol. The zero-order valence-electron chi connectivity index (χ0n) is 26.3. The Labute approximate surface area is 285 Å². The number of phenolic OH excluding ortho intramolecular Hbond substituents is 2. The summed E-state index contributed by atoms with van der Waals surface area (Å²) in [4.78, 5) is -0.945. The lowest BCUT2D eigenvalue weighted by molar-refractivity contribution is 0.479. The fourth-order valence-electron chi connectivity index (χ4n) is 5.57. The Morgan fingerprint density at radius 2 is 0.880 bits per heavy atom. The molecule has 0 saturated heterocycles. The highest BCUT2D eigenvalue weighted by Gasteiger charge is 2.22. The number of hydrogen-bond acceptors (Lipinski definition) is 12. The fraction of sp³-hybridized carbons (Fsp3) is 0.0588. The van der Waals surface area contributed by atoms with Crippen molar-refractivity contribution in [2.45, 2.75) is 23.6 Å². The summed E-state index contributed by atoms with van der Waals surface area (Å²) in [6.07, 6.45) is 0. The zero-order chi connectivity index (χ0) is 36.1. The fourth-order valence-corrected chi connectivity index (χ4v) is 6.99. The third kappa shape index (κ3) is 6.30. The molecule has 0 aliphatic rings. The van der Waals surface area contributed by atoms with Gasteiger partial charge in [0.2, 0.25) is 0 Å². The molecule has 0 aromatic heterocycles. The van der Waals surface area contributed by atoms with Crippen molar-refractivity contribution in [3.05, 3.63) is 96.1 Å². The Bertz CT molecular complexity index is 2490. The number of phenols is 2. The van der Waals surface area contributed by atoms with E-state index in [2.05, 4.69) is 20.5 Å². The van der Waals surface area contributed by atoms with Gasteiger partial charge in [0.05, 0.1) is 33.5 Å². The van der Waals surface area contributed by atoms with Gasteiger partial charge in [-0.25, -0.2) is 0 Å². The Morgan fingerprint density at radius 1 is 0.520 bits per heavy atom. The molecule has 0 spiro atoms. The number of azo groups is 2. The summed E-state index contributed by atoms with van der Waals surface area (Å²) < 4.78 is 68.0. The number of nitrogens with two attached hydrogens (primary N) is 2. The van der Waals surface area contributed by atoms with Crippen molar-refractivity contribution in [2.75, 3.05) is 11.5 Å². The second-order valence-electron chi connectivity index (χ2n) is 11.4. The Balaban J connectivity index is 1.30. The van der Waals surface area contributed by atoms with Crippen molar-refractivity contribution in [3.8, 4) is 22.6 Å². The topological polar surface area (TPSA) is 251 Å². The smallest absolute Gasteiger partial charge is 0.295 e. The molecular weight excluding hydrogens is 685 g/mol. The summed E-state index contributed by atoms with van der Waals surface area (Å²) in [6.45, 7) is 3.61. The molecular formula is C34H28N6O8S2. The molecule has 0 heterocycles. The summed E-state index contributed by atoms with van der Waals surface area (Å²) in [5.74, 6) is -0.565. The van der Waals surface area contributed by atoms with Crippen molar-refractivity contribution in [1.82, 2.24) is 0 Å². The molecule has 0 fully saturated rings. The van der Waals surface area contributed by atoms with Gasteiger partial charge in [-0.15, -0.1) is 10.2 Å². The number of nitrogens with zero attached hydrogens (tertiary/aromatic N) is 4. The van der Waals surface area contributed by atoms with Crippen molar-refractivity contribution in [1.29, 1.82) is 0 Å². The first-order valence-corrected chi connectivity index (χ1v) is 17.5. The first-order valence-electron chi connectivity index (χ1n) is 14.6. The van der Waals surface area contributed by atoms with Crippen molar-refractivity contribution in [3.63, 3.8) is 0 Å². The highest BCUT2D eigenvalue weighted by atomic mass is 32.2. The van der Waals surface area contributed by atoms with Crippen LogP contribution in [0.25, 0.3) is 32.7 Å². The van der Waals surface area contributed by atoms with E-state index in [0.717, 1.165) is 34.4 Å². The lowest BCUT2D eigenvalue weighted by atomic mass is 10.0. The van der Waals surface area contributed by atoms with E-state index in [1.165, 1.54) is 36.4 Å². The van der Waals surface area contributed by atoms with Gasteiger partial charge in [-0.1, -0.05) is 36.4 Å². The van der Waals surface area contributed by atoms with Crippen LogP contribution in [0.5, 0.6) is 11.5 Å². The van der Waals surface area contributed by atoms with E-state index in [9.17, 15) is 36.2 Å². The Kier molecular flexibility index (Phi) is 8.49. The lowest BCUT2D eigenvalue weighted by Gasteiger charge is -2.11. The molecule has 0 aliphatic carbocycles. The number of benzene rings is 6. The first kappa shape index (κ1) is 33.9. The van der Waals surface area contributed by atoms with Crippen LogP contribution in [0, 0.1) is 13.8 Å². The third-order valence-corrected chi connectivity index (χ3v) is 9.84. The second-order valence-corrected chi connectivity index (χ2v) is 14.1. The minimum Gasteiger partial charge on any atom is -0.507 e. The predicted octanol–water partition coefficient (Wildman–Crippen LogP) is 8.18. The van der Waals surface area contributed by atoms with E-state index in [4.69, 9.17) is 11.5 Å². The largest absolute Gasteiger partial charge is 0.507 e. The maximum Gasteiger partial charge on any atom is 0.295 e. The average Bonchev–Trinajstić information content (AvgIpc) is 3.04. The molecule has 0 bridgehead atoms. The molecule has 254 valence electrons. The van der Waals surface area contributed by atoms with Gasteiger partial charge in [-0.2, -0.15) is 27.1 Å². The highest BCUT2D eigenvalue weighted by Crippen LogP contribution is 2.43. The van der Waals surface area contributed by atoms with Gasteiger partial charge in [-0.3, -0.25) is 9.11 Å².